The van der Waals surface area contributed by atoms with Crippen molar-refractivity contribution in [1.82, 2.24) is 4.90 Å². The Morgan fingerprint density at radius 2 is 2.05 bits per heavy atom. The topological polar surface area (TPSA) is 32.3 Å². The Morgan fingerprint density at radius 1 is 1.30 bits per heavy atom. The summed E-state index contributed by atoms with van der Waals surface area (Å²) in [6.07, 6.45) is 5.79. The molecule has 1 atom stereocenters. The number of nitrogens with one attached hydrogen (secondary N) is 1. The maximum Gasteiger partial charge on any atom is 0.321 e. The van der Waals surface area contributed by atoms with Gasteiger partial charge in [0.1, 0.15) is 0 Å². The van der Waals surface area contributed by atoms with E-state index >= 15 is 0 Å². The van der Waals surface area contributed by atoms with Crippen molar-refractivity contribution in [3.05, 3.63) is 29.8 Å². The summed E-state index contributed by atoms with van der Waals surface area (Å²) in [5, 5.41) is 3.01. The molecular weight excluding hydrogens is 248 g/mol. The Hall–Kier alpha value is -1.51. The fraction of sp³-hybridized carbons (Fsp3) is 0.588. The van der Waals surface area contributed by atoms with Crippen molar-refractivity contribution in [2.24, 2.45) is 5.92 Å². The normalized spacial score (nSPS) is 18.9. The highest BCUT2D eigenvalue weighted by Crippen LogP contribution is 2.20. The van der Waals surface area contributed by atoms with Crippen LogP contribution in [0.5, 0.6) is 0 Å². The first-order valence-electron chi connectivity index (χ1n) is 7.87. The molecule has 0 spiro atoms. The number of carbonyl (C=O) groups excluding carboxylic acids is 1. The molecule has 110 valence electrons. The zero-order chi connectivity index (χ0) is 14.4. The van der Waals surface area contributed by atoms with Gasteiger partial charge in [-0.25, -0.2) is 4.79 Å². The second-order valence-corrected chi connectivity index (χ2v) is 5.74. The molecule has 1 N–H and O–H groups in total. The second-order valence-electron chi connectivity index (χ2n) is 5.74. The molecule has 20 heavy (non-hydrogen) atoms. The summed E-state index contributed by atoms with van der Waals surface area (Å²) in [7, 11) is 0. The molecule has 1 unspecified atom stereocenters. The van der Waals surface area contributed by atoms with Gasteiger partial charge >= 0.3 is 6.03 Å². The Balaban J connectivity index is 1.90. The first kappa shape index (κ1) is 14.9. The van der Waals surface area contributed by atoms with Crippen LogP contribution in [-0.4, -0.2) is 24.0 Å². The molecular formula is C17H26N2O. The van der Waals surface area contributed by atoms with Crippen molar-refractivity contribution in [1.29, 1.82) is 0 Å². The number of aryl methyl sites for hydroxylation is 1. The summed E-state index contributed by atoms with van der Waals surface area (Å²) in [5.41, 5.74) is 2.22. The number of nitrogens with zero attached hydrogens (tertiary/aromatic N) is 1. The molecule has 1 aliphatic heterocycles. The first-order valence-corrected chi connectivity index (χ1v) is 7.87. The summed E-state index contributed by atoms with van der Waals surface area (Å²) >= 11 is 0. The number of hydrogen-bond donors (Lipinski definition) is 1. The minimum absolute atomic E-state index is 0.0476. The van der Waals surface area contributed by atoms with Gasteiger partial charge in [0.25, 0.3) is 0 Å². The average molecular weight is 274 g/mol. The molecule has 1 aliphatic rings. The fourth-order valence-electron chi connectivity index (χ4n) is 2.83. The van der Waals surface area contributed by atoms with E-state index in [1.165, 1.54) is 12.0 Å². The Kier molecular flexibility index (Phi) is 5.45. The van der Waals surface area contributed by atoms with Crippen molar-refractivity contribution < 1.29 is 4.79 Å². The SMILES string of the molecule is CCCc1ccc(NC(=O)N2CCCC(CC)C2)cc1. The predicted molar refractivity (Wildman–Crippen MR) is 84.0 cm³/mol. The lowest BCUT2D eigenvalue weighted by molar-refractivity contribution is 0.176. The highest BCUT2D eigenvalue weighted by Gasteiger charge is 2.22. The van der Waals surface area contributed by atoms with E-state index in [1.807, 2.05) is 17.0 Å². The predicted octanol–water partition coefficient (Wildman–Crippen LogP) is 4.29. The van der Waals surface area contributed by atoms with E-state index in [0.29, 0.717) is 5.92 Å². The van der Waals surface area contributed by atoms with Crippen LogP contribution in [-0.2, 0) is 6.42 Å². The van der Waals surface area contributed by atoms with Gasteiger partial charge in [-0.15, -0.1) is 0 Å². The van der Waals surface area contributed by atoms with Crippen molar-refractivity contribution in [3.63, 3.8) is 0 Å². The van der Waals surface area contributed by atoms with Gasteiger partial charge in [0.05, 0.1) is 0 Å². The molecule has 0 aliphatic carbocycles. The molecule has 0 bridgehead atoms. The minimum atomic E-state index is 0.0476. The van der Waals surface area contributed by atoms with Gasteiger partial charge in [0, 0.05) is 18.8 Å². The van der Waals surface area contributed by atoms with E-state index < -0.39 is 0 Å². The Labute approximate surface area is 122 Å². The molecule has 1 saturated heterocycles. The zero-order valence-electron chi connectivity index (χ0n) is 12.7. The number of hydrogen-bond acceptors (Lipinski definition) is 1. The van der Waals surface area contributed by atoms with Crippen LogP contribution in [0.25, 0.3) is 0 Å². The summed E-state index contributed by atoms with van der Waals surface area (Å²) in [5.74, 6) is 0.668. The number of likely N-dealkylation sites (tertiary alicyclic amines) is 1. The molecule has 2 amide bonds. The van der Waals surface area contributed by atoms with Crippen molar-refractivity contribution in [3.8, 4) is 0 Å². The van der Waals surface area contributed by atoms with E-state index in [1.54, 1.807) is 0 Å². The lowest BCUT2D eigenvalue weighted by Gasteiger charge is -2.32. The number of amides is 2. The van der Waals surface area contributed by atoms with Crippen LogP contribution >= 0.6 is 0 Å². The highest BCUT2D eigenvalue weighted by molar-refractivity contribution is 5.89. The lowest BCUT2D eigenvalue weighted by atomic mass is 9.96. The van der Waals surface area contributed by atoms with Crippen LogP contribution in [0.2, 0.25) is 0 Å². The molecule has 0 saturated carbocycles. The van der Waals surface area contributed by atoms with Crippen LogP contribution in [0.1, 0.15) is 45.1 Å². The van der Waals surface area contributed by atoms with Gasteiger partial charge in [0.2, 0.25) is 0 Å². The number of carbonyl (C=O) groups is 1. The minimum Gasteiger partial charge on any atom is -0.324 e. The van der Waals surface area contributed by atoms with E-state index in [-0.39, 0.29) is 6.03 Å². The third kappa shape index (κ3) is 3.99. The second kappa shape index (κ2) is 7.32. The summed E-state index contributed by atoms with van der Waals surface area (Å²) in [4.78, 5) is 14.2. The fourth-order valence-corrected chi connectivity index (χ4v) is 2.83. The van der Waals surface area contributed by atoms with E-state index in [0.717, 1.165) is 44.5 Å². The third-order valence-corrected chi connectivity index (χ3v) is 4.13. The molecule has 3 heteroatoms. The lowest BCUT2D eigenvalue weighted by Crippen LogP contribution is -2.42. The van der Waals surface area contributed by atoms with Crippen LogP contribution in [0, 0.1) is 5.92 Å². The standard InChI is InChI=1S/C17H26N2O/c1-3-6-15-8-10-16(11-9-15)18-17(20)19-12-5-7-14(4-2)13-19/h8-11,14H,3-7,12-13H2,1-2H3,(H,18,20). The number of piperidine rings is 1. The smallest absolute Gasteiger partial charge is 0.321 e. The van der Waals surface area contributed by atoms with Gasteiger partial charge in [-0.3, -0.25) is 0 Å². The maximum atomic E-state index is 12.3. The van der Waals surface area contributed by atoms with E-state index in [4.69, 9.17) is 0 Å². The number of benzene rings is 1. The Morgan fingerprint density at radius 3 is 2.70 bits per heavy atom. The van der Waals surface area contributed by atoms with Crippen molar-refractivity contribution in [2.75, 3.05) is 18.4 Å². The number of rotatable bonds is 4. The maximum absolute atomic E-state index is 12.3. The van der Waals surface area contributed by atoms with Gasteiger partial charge < -0.3 is 10.2 Å². The van der Waals surface area contributed by atoms with E-state index in [2.05, 4.69) is 31.3 Å². The van der Waals surface area contributed by atoms with Gasteiger partial charge in [-0.05, 0) is 42.9 Å². The number of urea groups is 1. The molecule has 0 radical (unpaired) electrons. The quantitative estimate of drug-likeness (QED) is 0.872. The highest BCUT2D eigenvalue weighted by atomic mass is 16.2. The molecule has 0 aromatic heterocycles. The zero-order valence-corrected chi connectivity index (χ0v) is 12.7. The third-order valence-electron chi connectivity index (χ3n) is 4.13. The van der Waals surface area contributed by atoms with Crippen molar-refractivity contribution in [2.45, 2.75) is 46.0 Å². The van der Waals surface area contributed by atoms with Gasteiger partial charge in [-0.1, -0.05) is 38.8 Å². The number of anilines is 1. The largest absolute Gasteiger partial charge is 0.324 e. The molecule has 3 nitrogen and oxygen atoms in total. The molecule has 1 heterocycles. The van der Waals surface area contributed by atoms with Crippen LogP contribution in [0.15, 0.2) is 24.3 Å². The molecule has 2 rings (SSSR count). The molecule has 1 aromatic rings. The summed E-state index contributed by atoms with van der Waals surface area (Å²) in [6.45, 7) is 6.17. The van der Waals surface area contributed by atoms with Gasteiger partial charge in [0.15, 0.2) is 0 Å². The van der Waals surface area contributed by atoms with E-state index in [9.17, 15) is 4.79 Å². The van der Waals surface area contributed by atoms with Crippen molar-refractivity contribution >= 4 is 11.7 Å². The monoisotopic (exact) mass is 274 g/mol. The molecule has 1 fully saturated rings. The van der Waals surface area contributed by atoms with Crippen LogP contribution in [0.4, 0.5) is 10.5 Å². The first-order chi connectivity index (χ1) is 9.72. The summed E-state index contributed by atoms with van der Waals surface area (Å²) < 4.78 is 0. The van der Waals surface area contributed by atoms with Crippen LogP contribution in [0.3, 0.4) is 0 Å². The summed E-state index contributed by atoms with van der Waals surface area (Å²) in [6, 6.07) is 8.26. The Bertz CT molecular complexity index is 427. The average Bonchev–Trinajstić information content (AvgIpc) is 2.49. The van der Waals surface area contributed by atoms with Gasteiger partial charge in [-0.2, -0.15) is 0 Å². The molecule has 1 aromatic carbocycles. The van der Waals surface area contributed by atoms with Crippen LogP contribution < -0.4 is 5.32 Å².